The van der Waals surface area contributed by atoms with Crippen LogP contribution in [-0.4, -0.2) is 49.2 Å². The Bertz CT molecular complexity index is 457. The van der Waals surface area contributed by atoms with Crippen LogP contribution in [0.4, 0.5) is 5.69 Å². The first-order chi connectivity index (χ1) is 8.50. The van der Waals surface area contributed by atoms with Gasteiger partial charge in [-0.2, -0.15) is 0 Å². The maximum Gasteiger partial charge on any atom is 0.337 e. The Kier molecular flexibility index (Phi) is 3.57. The van der Waals surface area contributed by atoms with Crippen LogP contribution in [0.3, 0.4) is 0 Å². The van der Waals surface area contributed by atoms with Crippen molar-refractivity contribution in [3.63, 3.8) is 0 Å². The predicted molar refractivity (Wildman–Crippen MR) is 72.4 cm³/mol. The van der Waals surface area contributed by atoms with Crippen molar-refractivity contribution in [1.29, 1.82) is 0 Å². The number of para-hydroxylation sites is 1. The van der Waals surface area contributed by atoms with Crippen molar-refractivity contribution in [2.75, 3.05) is 32.1 Å². The molecule has 1 aromatic carbocycles. The number of aryl methyl sites for hydroxylation is 1. The lowest BCUT2D eigenvalue weighted by atomic mass is 10.1. The second-order valence-electron chi connectivity index (χ2n) is 5.13. The van der Waals surface area contributed by atoms with Gasteiger partial charge in [-0.25, -0.2) is 4.79 Å². The molecular formula is C14H20N2O2. The van der Waals surface area contributed by atoms with E-state index in [9.17, 15) is 9.90 Å². The van der Waals surface area contributed by atoms with Gasteiger partial charge in [0.25, 0.3) is 0 Å². The Labute approximate surface area is 108 Å². The van der Waals surface area contributed by atoms with Gasteiger partial charge in [-0.15, -0.1) is 0 Å². The second kappa shape index (κ2) is 4.98. The van der Waals surface area contributed by atoms with Gasteiger partial charge in [0.15, 0.2) is 0 Å². The molecule has 1 saturated heterocycles. The summed E-state index contributed by atoms with van der Waals surface area (Å²) in [5.41, 5.74) is 2.33. The molecule has 0 aromatic heterocycles. The van der Waals surface area contributed by atoms with Gasteiger partial charge in [0.1, 0.15) is 0 Å². The number of carboxylic acid groups (broad SMARTS) is 1. The topological polar surface area (TPSA) is 43.8 Å². The van der Waals surface area contributed by atoms with Crippen LogP contribution in [0.25, 0.3) is 0 Å². The normalized spacial score (nSPS) is 19.6. The quantitative estimate of drug-likeness (QED) is 0.886. The second-order valence-corrected chi connectivity index (χ2v) is 5.13. The molecule has 0 spiro atoms. The first-order valence-electron chi connectivity index (χ1n) is 6.25. The third kappa shape index (κ3) is 2.34. The van der Waals surface area contributed by atoms with Crippen molar-refractivity contribution in [1.82, 2.24) is 4.90 Å². The Morgan fingerprint density at radius 2 is 2.17 bits per heavy atom. The summed E-state index contributed by atoms with van der Waals surface area (Å²) in [7, 11) is 4.15. The first-order valence-corrected chi connectivity index (χ1v) is 6.25. The van der Waals surface area contributed by atoms with Gasteiger partial charge in [0, 0.05) is 19.1 Å². The van der Waals surface area contributed by atoms with Crippen molar-refractivity contribution in [3.8, 4) is 0 Å². The summed E-state index contributed by atoms with van der Waals surface area (Å²) in [6.07, 6.45) is 1.08. The number of carboxylic acids is 1. The third-order valence-electron chi connectivity index (χ3n) is 3.68. The molecule has 1 heterocycles. The average Bonchev–Trinajstić information content (AvgIpc) is 2.77. The van der Waals surface area contributed by atoms with Gasteiger partial charge in [-0.1, -0.05) is 12.1 Å². The fraction of sp³-hybridized carbons (Fsp3) is 0.500. The molecule has 1 fully saturated rings. The Morgan fingerprint density at radius 3 is 2.72 bits per heavy atom. The number of aromatic carboxylic acids is 1. The van der Waals surface area contributed by atoms with E-state index in [1.165, 1.54) is 0 Å². The van der Waals surface area contributed by atoms with E-state index in [-0.39, 0.29) is 0 Å². The highest BCUT2D eigenvalue weighted by Gasteiger charge is 2.27. The van der Waals surface area contributed by atoms with Crippen LogP contribution in [0.2, 0.25) is 0 Å². The molecule has 98 valence electrons. The molecule has 18 heavy (non-hydrogen) atoms. The molecule has 4 heteroatoms. The lowest BCUT2D eigenvalue weighted by molar-refractivity contribution is 0.0697. The molecule has 0 radical (unpaired) electrons. The predicted octanol–water partition coefficient (Wildman–Crippen LogP) is 1.83. The molecule has 0 amide bonds. The maximum atomic E-state index is 11.3. The summed E-state index contributed by atoms with van der Waals surface area (Å²) in [6, 6.07) is 5.98. The van der Waals surface area contributed by atoms with Crippen LogP contribution in [-0.2, 0) is 0 Å². The lowest BCUT2D eigenvalue weighted by Gasteiger charge is -2.24. The largest absolute Gasteiger partial charge is 0.478 e. The van der Waals surface area contributed by atoms with Gasteiger partial charge in [0.2, 0.25) is 0 Å². The minimum atomic E-state index is -0.845. The number of carbonyl (C=O) groups is 1. The summed E-state index contributed by atoms with van der Waals surface area (Å²) in [6.45, 7) is 3.80. The lowest BCUT2D eigenvalue weighted by Crippen LogP contribution is -2.32. The minimum Gasteiger partial charge on any atom is -0.478 e. The van der Waals surface area contributed by atoms with E-state index >= 15 is 0 Å². The smallest absolute Gasteiger partial charge is 0.337 e. The van der Waals surface area contributed by atoms with Gasteiger partial charge in [0.05, 0.1) is 11.3 Å². The Hall–Kier alpha value is -1.55. The molecule has 0 saturated carbocycles. The van der Waals surface area contributed by atoms with E-state index in [0.29, 0.717) is 11.6 Å². The molecular weight excluding hydrogens is 228 g/mol. The van der Waals surface area contributed by atoms with Crippen molar-refractivity contribution in [2.24, 2.45) is 0 Å². The zero-order valence-electron chi connectivity index (χ0n) is 11.2. The summed E-state index contributed by atoms with van der Waals surface area (Å²) in [5, 5.41) is 9.29. The van der Waals surface area contributed by atoms with Crippen molar-refractivity contribution in [3.05, 3.63) is 29.3 Å². The van der Waals surface area contributed by atoms with E-state index in [2.05, 4.69) is 23.9 Å². The van der Waals surface area contributed by atoms with Crippen molar-refractivity contribution >= 4 is 11.7 Å². The summed E-state index contributed by atoms with van der Waals surface area (Å²) < 4.78 is 0. The zero-order valence-corrected chi connectivity index (χ0v) is 11.2. The van der Waals surface area contributed by atoms with Gasteiger partial charge in [-0.05, 0) is 39.1 Å². The van der Waals surface area contributed by atoms with Crippen molar-refractivity contribution in [2.45, 2.75) is 19.4 Å². The number of benzene rings is 1. The number of anilines is 1. The van der Waals surface area contributed by atoms with Crippen LogP contribution in [0, 0.1) is 6.92 Å². The molecule has 1 N–H and O–H groups in total. The molecule has 4 nitrogen and oxygen atoms in total. The average molecular weight is 248 g/mol. The summed E-state index contributed by atoms with van der Waals surface area (Å²) >= 11 is 0. The van der Waals surface area contributed by atoms with Gasteiger partial charge in [-0.3, -0.25) is 0 Å². The van der Waals surface area contributed by atoms with Crippen molar-refractivity contribution < 1.29 is 9.90 Å². The fourth-order valence-corrected chi connectivity index (χ4v) is 2.62. The molecule has 0 bridgehead atoms. The first kappa shape index (κ1) is 12.9. The van der Waals surface area contributed by atoms with Crippen LogP contribution >= 0.6 is 0 Å². The van der Waals surface area contributed by atoms with E-state index in [4.69, 9.17) is 0 Å². The fourth-order valence-electron chi connectivity index (χ4n) is 2.62. The van der Waals surface area contributed by atoms with E-state index in [1.54, 1.807) is 6.07 Å². The van der Waals surface area contributed by atoms with Crippen LogP contribution < -0.4 is 4.90 Å². The van der Waals surface area contributed by atoms with Crippen LogP contribution in [0.1, 0.15) is 22.3 Å². The molecule has 1 atom stereocenters. The number of hydrogen-bond acceptors (Lipinski definition) is 3. The molecule has 1 aromatic rings. The zero-order chi connectivity index (χ0) is 13.3. The Balaban J connectivity index is 2.32. The molecule has 1 aliphatic heterocycles. The van der Waals surface area contributed by atoms with E-state index < -0.39 is 5.97 Å². The minimum absolute atomic E-state index is 0.411. The monoisotopic (exact) mass is 248 g/mol. The Morgan fingerprint density at radius 1 is 1.44 bits per heavy atom. The standard InChI is InChI=1S/C14H20N2O2/c1-10-5-4-6-12(14(17)18)13(10)16-8-7-11(9-16)15(2)3/h4-6,11H,7-9H2,1-3H3,(H,17,18). The van der Waals surface area contributed by atoms with E-state index in [0.717, 1.165) is 30.8 Å². The number of likely N-dealkylation sites (N-methyl/N-ethyl adjacent to an activating group) is 1. The number of hydrogen-bond donors (Lipinski definition) is 1. The number of rotatable bonds is 3. The van der Waals surface area contributed by atoms with Gasteiger partial charge < -0.3 is 14.9 Å². The highest BCUT2D eigenvalue weighted by atomic mass is 16.4. The SMILES string of the molecule is Cc1cccc(C(=O)O)c1N1CCC(N(C)C)C1. The third-order valence-corrected chi connectivity index (χ3v) is 3.68. The van der Waals surface area contributed by atoms with Gasteiger partial charge >= 0.3 is 5.97 Å². The maximum absolute atomic E-state index is 11.3. The van der Waals surface area contributed by atoms with Crippen LogP contribution in [0.15, 0.2) is 18.2 Å². The summed E-state index contributed by atoms with van der Waals surface area (Å²) in [5.74, 6) is -0.845. The summed E-state index contributed by atoms with van der Waals surface area (Å²) in [4.78, 5) is 15.7. The molecule has 0 aliphatic carbocycles. The number of nitrogens with zero attached hydrogens (tertiary/aromatic N) is 2. The van der Waals surface area contributed by atoms with E-state index in [1.807, 2.05) is 19.1 Å². The molecule has 2 rings (SSSR count). The van der Waals surface area contributed by atoms with Crippen LogP contribution in [0.5, 0.6) is 0 Å². The molecule has 1 unspecified atom stereocenters. The highest BCUT2D eigenvalue weighted by molar-refractivity contribution is 5.95. The molecule has 1 aliphatic rings. The highest BCUT2D eigenvalue weighted by Crippen LogP contribution is 2.29.